The molecule has 0 bridgehead atoms. The van der Waals surface area contributed by atoms with Gasteiger partial charge in [0.1, 0.15) is 0 Å². The van der Waals surface area contributed by atoms with Gasteiger partial charge in [-0.25, -0.2) is 0 Å². The number of nitrogens with one attached hydrogen (secondary N) is 1. The van der Waals surface area contributed by atoms with E-state index in [-0.39, 0.29) is 12.4 Å². The van der Waals surface area contributed by atoms with E-state index in [0.29, 0.717) is 12.1 Å². The van der Waals surface area contributed by atoms with E-state index in [4.69, 9.17) is 4.74 Å². The third-order valence-electron chi connectivity index (χ3n) is 3.96. The Morgan fingerprint density at radius 3 is 2.62 bits per heavy atom. The first-order valence-corrected chi connectivity index (χ1v) is 7.86. The molecule has 120 valence electrons. The van der Waals surface area contributed by atoms with Crippen LogP contribution in [0, 0.1) is 0 Å². The fraction of sp³-hybridized carbons (Fsp3) is 0.647. The summed E-state index contributed by atoms with van der Waals surface area (Å²) in [6, 6.07) is 9.56. The summed E-state index contributed by atoms with van der Waals surface area (Å²) in [5.74, 6) is 0. The molecule has 1 aromatic rings. The lowest BCUT2D eigenvalue weighted by atomic mass is 10.0. The number of rotatable bonds is 6. The third kappa shape index (κ3) is 5.59. The van der Waals surface area contributed by atoms with Gasteiger partial charge in [0.2, 0.25) is 0 Å². The van der Waals surface area contributed by atoms with Gasteiger partial charge >= 0.3 is 0 Å². The maximum Gasteiger partial charge on any atom is 0.0597 e. The van der Waals surface area contributed by atoms with Gasteiger partial charge in [-0.3, -0.25) is 4.90 Å². The van der Waals surface area contributed by atoms with E-state index >= 15 is 0 Å². The molecule has 1 aliphatic rings. The van der Waals surface area contributed by atoms with Crippen molar-refractivity contribution in [3.8, 4) is 0 Å². The highest BCUT2D eigenvalue weighted by Gasteiger charge is 2.23. The summed E-state index contributed by atoms with van der Waals surface area (Å²) in [5.41, 5.74) is 2.83. The molecular formula is C17H29ClN2O. The zero-order valence-corrected chi connectivity index (χ0v) is 14.3. The Morgan fingerprint density at radius 2 is 2.00 bits per heavy atom. The highest BCUT2D eigenvalue weighted by atomic mass is 35.5. The quantitative estimate of drug-likeness (QED) is 0.874. The summed E-state index contributed by atoms with van der Waals surface area (Å²) in [7, 11) is 0. The van der Waals surface area contributed by atoms with Crippen molar-refractivity contribution in [1.29, 1.82) is 0 Å². The van der Waals surface area contributed by atoms with Crippen LogP contribution in [0.2, 0.25) is 0 Å². The summed E-state index contributed by atoms with van der Waals surface area (Å²) < 4.78 is 5.70. The molecule has 1 aliphatic heterocycles. The minimum absolute atomic E-state index is 0. The third-order valence-corrected chi connectivity index (χ3v) is 3.96. The van der Waals surface area contributed by atoms with Crippen molar-refractivity contribution in [2.75, 3.05) is 32.8 Å². The number of benzene rings is 1. The van der Waals surface area contributed by atoms with Gasteiger partial charge in [-0.1, -0.05) is 31.2 Å². The topological polar surface area (TPSA) is 24.5 Å². The lowest BCUT2D eigenvalue weighted by Gasteiger charge is -2.36. The van der Waals surface area contributed by atoms with E-state index in [9.17, 15) is 0 Å². The number of halogens is 1. The zero-order valence-electron chi connectivity index (χ0n) is 13.5. The average Bonchev–Trinajstić information content (AvgIpc) is 2.47. The second-order valence-electron chi connectivity index (χ2n) is 5.77. The van der Waals surface area contributed by atoms with Gasteiger partial charge in [0.25, 0.3) is 0 Å². The van der Waals surface area contributed by atoms with Crippen LogP contribution >= 0.6 is 12.4 Å². The molecule has 21 heavy (non-hydrogen) atoms. The second kappa shape index (κ2) is 9.42. The summed E-state index contributed by atoms with van der Waals surface area (Å²) in [4.78, 5) is 2.54. The molecule has 1 atom stereocenters. The van der Waals surface area contributed by atoms with Crippen molar-refractivity contribution in [3.63, 3.8) is 0 Å². The van der Waals surface area contributed by atoms with Crippen LogP contribution in [0.15, 0.2) is 24.3 Å². The smallest absolute Gasteiger partial charge is 0.0597 e. The van der Waals surface area contributed by atoms with Crippen LogP contribution in [0.3, 0.4) is 0 Å². The molecule has 2 rings (SSSR count). The minimum Gasteiger partial charge on any atom is -0.377 e. The van der Waals surface area contributed by atoms with E-state index in [1.54, 1.807) is 0 Å². The van der Waals surface area contributed by atoms with Gasteiger partial charge in [-0.05, 0) is 31.4 Å². The number of hydrogen-bond acceptors (Lipinski definition) is 3. The molecule has 1 heterocycles. The predicted octanol–water partition coefficient (Wildman–Crippen LogP) is 3.04. The Kier molecular flexibility index (Phi) is 8.27. The average molecular weight is 313 g/mol. The molecule has 0 amide bonds. The van der Waals surface area contributed by atoms with Crippen molar-refractivity contribution in [1.82, 2.24) is 10.2 Å². The molecule has 0 aliphatic carbocycles. The van der Waals surface area contributed by atoms with Crippen molar-refractivity contribution >= 4 is 12.4 Å². The van der Waals surface area contributed by atoms with E-state index in [1.165, 1.54) is 11.1 Å². The van der Waals surface area contributed by atoms with E-state index < -0.39 is 0 Å². The van der Waals surface area contributed by atoms with Gasteiger partial charge in [-0.15, -0.1) is 12.4 Å². The predicted molar refractivity (Wildman–Crippen MR) is 91.3 cm³/mol. The summed E-state index contributed by atoms with van der Waals surface area (Å²) in [6.45, 7) is 11.4. The number of aryl methyl sites for hydroxylation is 1. The molecule has 1 N–H and O–H groups in total. The first-order valence-electron chi connectivity index (χ1n) is 7.86. The highest BCUT2D eigenvalue weighted by molar-refractivity contribution is 5.85. The lowest BCUT2D eigenvalue weighted by Crippen LogP contribution is -2.47. The van der Waals surface area contributed by atoms with Crippen LogP contribution in [0.5, 0.6) is 0 Å². The van der Waals surface area contributed by atoms with Crippen LogP contribution in [0.1, 0.15) is 37.9 Å². The monoisotopic (exact) mass is 312 g/mol. The Labute approximate surface area is 135 Å². The van der Waals surface area contributed by atoms with Gasteiger partial charge < -0.3 is 10.1 Å². The normalized spacial score (nSPS) is 19.5. The maximum absolute atomic E-state index is 5.70. The van der Waals surface area contributed by atoms with Gasteiger partial charge in [0, 0.05) is 32.2 Å². The first-order chi connectivity index (χ1) is 9.70. The molecule has 1 aromatic carbocycles. The van der Waals surface area contributed by atoms with Crippen molar-refractivity contribution in [2.45, 2.75) is 39.3 Å². The van der Waals surface area contributed by atoms with Crippen LogP contribution in [0.25, 0.3) is 0 Å². The van der Waals surface area contributed by atoms with E-state index in [1.807, 2.05) is 0 Å². The van der Waals surface area contributed by atoms with Crippen molar-refractivity contribution in [2.24, 2.45) is 0 Å². The van der Waals surface area contributed by atoms with E-state index in [2.05, 4.69) is 55.3 Å². The Morgan fingerprint density at radius 1 is 1.29 bits per heavy atom. The number of piperazine rings is 1. The molecule has 0 radical (unpaired) electrons. The number of nitrogens with zero attached hydrogens (tertiary/aromatic N) is 1. The molecule has 0 aromatic heterocycles. The maximum atomic E-state index is 5.70. The van der Waals surface area contributed by atoms with Gasteiger partial charge in [0.05, 0.1) is 12.7 Å². The minimum atomic E-state index is 0. The fourth-order valence-electron chi connectivity index (χ4n) is 2.72. The number of hydrogen-bond donors (Lipinski definition) is 1. The Balaban J connectivity index is 0.00000220. The zero-order chi connectivity index (χ0) is 14.4. The molecule has 4 heteroatoms. The van der Waals surface area contributed by atoms with Crippen LogP contribution in [-0.2, 0) is 11.2 Å². The lowest BCUT2D eigenvalue weighted by molar-refractivity contribution is 0.0430. The summed E-state index contributed by atoms with van der Waals surface area (Å²) in [6.07, 6.45) is 1.43. The SMILES string of the molecule is CCc1ccc(C2CNCCN2CCOC(C)C)cc1.Cl. The van der Waals surface area contributed by atoms with E-state index in [0.717, 1.165) is 39.2 Å². The van der Waals surface area contributed by atoms with Gasteiger partial charge in [-0.2, -0.15) is 0 Å². The highest BCUT2D eigenvalue weighted by Crippen LogP contribution is 2.22. The molecule has 3 nitrogen and oxygen atoms in total. The van der Waals surface area contributed by atoms with Crippen LogP contribution in [0.4, 0.5) is 0 Å². The Bertz CT molecular complexity index is 394. The molecular weight excluding hydrogens is 284 g/mol. The summed E-state index contributed by atoms with van der Waals surface area (Å²) >= 11 is 0. The van der Waals surface area contributed by atoms with Crippen LogP contribution < -0.4 is 5.32 Å². The molecule has 1 saturated heterocycles. The van der Waals surface area contributed by atoms with Crippen molar-refractivity contribution < 1.29 is 4.74 Å². The first kappa shape index (κ1) is 18.4. The second-order valence-corrected chi connectivity index (χ2v) is 5.77. The summed E-state index contributed by atoms with van der Waals surface area (Å²) in [5, 5.41) is 3.51. The van der Waals surface area contributed by atoms with Crippen LogP contribution in [-0.4, -0.2) is 43.8 Å². The Hall–Kier alpha value is -0.610. The molecule has 1 fully saturated rings. The fourth-order valence-corrected chi connectivity index (χ4v) is 2.72. The number of ether oxygens (including phenoxy) is 1. The largest absolute Gasteiger partial charge is 0.377 e. The van der Waals surface area contributed by atoms with Crippen molar-refractivity contribution in [3.05, 3.63) is 35.4 Å². The standard InChI is InChI=1S/C17H28N2O.ClH/c1-4-15-5-7-16(8-6-15)17-13-18-9-10-19(17)11-12-20-14(2)3;/h5-8,14,17-18H,4,9-13H2,1-3H3;1H. The molecule has 1 unspecified atom stereocenters. The molecule has 0 spiro atoms. The molecule has 0 saturated carbocycles. The van der Waals surface area contributed by atoms with Gasteiger partial charge in [0.15, 0.2) is 0 Å².